The summed E-state index contributed by atoms with van der Waals surface area (Å²) in [6.07, 6.45) is 2.16. The zero-order valence-corrected chi connectivity index (χ0v) is 19.0. The average molecular weight is 443 g/mol. The predicted molar refractivity (Wildman–Crippen MR) is 130 cm³/mol. The molecule has 1 heterocycles. The number of hydrogen-bond donors (Lipinski definition) is 1. The van der Waals surface area contributed by atoms with E-state index >= 15 is 0 Å². The van der Waals surface area contributed by atoms with Crippen LogP contribution in [0, 0.1) is 5.41 Å². The molecule has 33 heavy (non-hydrogen) atoms. The van der Waals surface area contributed by atoms with Crippen LogP contribution < -0.4 is 10.5 Å². The Morgan fingerprint density at radius 1 is 0.970 bits per heavy atom. The van der Waals surface area contributed by atoms with E-state index in [2.05, 4.69) is 24.3 Å². The highest BCUT2D eigenvalue weighted by Gasteiger charge is 2.44. The maximum atomic E-state index is 12.9. The smallest absolute Gasteiger partial charge is 0.225 e. The summed E-state index contributed by atoms with van der Waals surface area (Å²) in [6, 6.07) is 26.0. The number of rotatable bonds is 8. The average Bonchev–Trinajstić information content (AvgIpc) is 3.29. The monoisotopic (exact) mass is 442 g/mol. The third-order valence-corrected chi connectivity index (χ3v) is 6.65. The Bertz CT molecular complexity index is 1110. The largest absolute Gasteiger partial charge is 0.497 e. The van der Waals surface area contributed by atoms with Gasteiger partial charge < -0.3 is 15.4 Å². The third kappa shape index (κ3) is 5.08. The number of hydrogen-bond acceptors (Lipinski definition) is 3. The van der Waals surface area contributed by atoms with Gasteiger partial charge in [0.25, 0.3) is 0 Å². The number of likely N-dealkylation sites (tertiary alicyclic amines) is 1. The zero-order chi connectivity index (χ0) is 23.3. The van der Waals surface area contributed by atoms with Crippen molar-refractivity contribution in [2.75, 3.05) is 20.2 Å². The fraction of sp³-hybridized carbons (Fsp3) is 0.286. The van der Waals surface area contributed by atoms with Gasteiger partial charge in [0.15, 0.2) is 0 Å². The first kappa shape index (κ1) is 22.6. The minimum absolute atomic E-state index is 0.0605. The highest BCUT2D eigenvalue weighted by molar-refractivity contribution is 5.85. The van der Waals surface area contributed by atoms with Crippen LogP contribution in [0.2, 0.25) is 0 Å². The van der Waals surface area contributed by atoms with Crippen molar-refractivity contribution in [3.05, 3.63) is 90.0 Å². The second kappa shape index (κ2) is 9.90. The minimum atomic E-state index is -0.749. The Morgan fingerprint density at radius 3 is 2.36 bits per heavy atom. The first-order valence-electron chi connectivity index (χ1n) is 11.3. The third-order valence-electron chi connectivity index (χ3n) is 6.65. The van der Waals surface area contributed by atoms with Crippen molar-refractivity contribution in [3.63, 3.8) is 0 Å². The zero-order valence-electron chi connectivity index (χ0n) is 19.0. The van der Waals surface area contributed by atoms with Gasteiger partial charge in [0.2, 0.25) is 11.8 Å². The Balaban J connectivity index is 1.46. The number of nitrogens with zero attached hydrogens (tertiary/aromatic N) is 1. The van der Waals surface area contributed by atoms with E-state index in [9.17, 15) is 9.59 Å². The molecule has 0 aromatic heterocycles. The molecule has 1 saturated heterocycles. The molecule has 1 aliphatic rings. The topological polar surface area (TPSA) is 72.6 Å². The van der Waals surface area contributed by atoms with E-state index in [0.717, 1.165) is 28.0 Å². The molecule has 5 nitrogen and oxygen atoms in total. The molecular formula is C28H30N2O3. The second-order valence-electron chi connectivity index (χ2n) is 8.76. The van der Waals surface area contributed by atoms with E-state index in [0.29, 0.717) is 38.8 Å². The summed E-state index contributed by atoms with van der Waals surface area (Å²) in [7, 11) is 1.63. The van der Waals surface area contributed by atoms with Crippen molar-refractivity contribution in [2.24, 2.45) is 11.1 Å². The normalized spacial score (nSPS) is 17.7. The molecule has 0 radical (unpaired) electrons. The highest BCUT2D eigenvalue weighted by Crippen LogP contribution is 2.37. The van der Waals surface area contributed by atoms with Crippen LogP contribution in [0.15, 0.2) is 78.9 Å². The molecule has 2 amide bonds. The van der Waals surface area contributed by atoms with E-state index in [1.165, 1.54) is 0 Å². The molecule has 3 aromatic rings. The predicted octanol–water partition coefficient (Wildman–Crippen LogP) is 4.24. The Hall–Kier alpha value is -3.60. The number of carbonyl (C=O) groups is 2. The minimum Gasteiger partial charge on any atom is -0.497 e. The van der Waals surface area contributed by atoms with Crippen LogP contribution in [0.5, 0.6) is 5.75 Å². The lowest BCUT2D eigenvalue weighted by atomic mass is 9.78. The number of aryl methyl sites for hydroxylation is 1. The van der Waals surface area contributed by atoms with Crippen LogP contribution in [0.4, 0.5) is 0 Å². The maximum absolute atomic E-state index is 12.9. The van der Waals surface area contributed by atoms with Crippen molar-refractivity contribution in [1.82, 2.24) is 4.90 Å². The van der Waals surface area contributed by atoms with E-state index in [1.54, 1.807) is 12.0 Å². The highest BCUT2D eigenvalue weighted by atomic mass is 16.5. The number of nitrogens with two attached hydrogens (primary N) is 1. The molecule has 0 bridgehead atoms. The summed E-state index contributed by atoms with van der Waals surface area (Å²) >= 11 is 0. The summed E-state index contributed by atoms with van der Waals surface area (Å²) in [6.45, 7) is 0.921. The van der Waals surface area contributed by atoms with Gasteiger partial charge in [0.1, 0.15) is 5.75 Å². The molecule has 2 N–H and O–H groups in total. The van der Waals surface area contributed by atoms with Gasteiger partial charge in [-0.1, -0.05) is 66.7 Å². The van der Waals surface area contributed by atoms with E-state index in [-0.39, 0.29) is 11.8 Å². The summed E-state index contributed by atoms with van der Waals surface area (Å²) in [4.78, 5) is 27.4. The van der Waals surface area contributed by atoms with Crippen molar-refractivity contribution in [2.45, 2.75) is 25.7 Å². The molecule has 4 rings (SSSR count). The first-order valence-corrected chi connectivity index (χ1v) is 11.3. The van der Waals surface area contributed by atoms with E-state index in [4.69, 9.17) is 10.5 Å². The van der Waals surface area contributed by atoms with Gasteiger partial charge in [-0.25, -0.2) is 0 Å². The molecule has 0 spiro atoms. The summed E-state index contributed by atoms with van der Waals surface area (Å²) < 4.78 is 5.19. The lowest BCUT2D eigenvalue weighted by Crippen LogP contribution is -2.42. The molecule has 0 aliphatic carbocycles. The van der Waals surface area contributed by atoms with Gasteiger partial charge >= 0.3 is 0 Å². The van der Waals surface area contributed by atoms with Gasteiger partial charge in [-0.15, -0.1) is 0 Å². The molecule has 0 saturated carbocycles. The molecule has 170 valence electrons. The van der Waals surface area contributed by atoms with Gasteiger partial charge in [-0.3, -0.25) is 9.59 Å². The summed E-state index contributed by atoms with van der Waals surface area (Å²) in [5.74, 6) is 0.521. The van der Waals surface area contributed by atoms with Crippen molar-refractivity contribution >= 4 is 11.8 Å². The summed E-state index contributed by atoms with van der Waals surface area (Å²) in [5.41, 5.74) is 9.56. The Morgan fingerprint density at radius 2 is 1.67 bits per heavy atom. The number of carbonyl (C=O) groups excluding carboxylic acids is 2. The van der Waals surface area contributed by atoms with Crippen molar-refractivity contribution < 1.29 is 14.3 Å². The number of ether oxygens (including phenoxy) is 1. The Kier molecular flexibility index (Phi) is 6.78. The van der Waals surface area contributed by atoms with E-state index < -0.39 is 5.41 Å². The number of primary amides is 1. The van der Waals surface area contributed by atoms with Crippen LogP contribution in [-0.4, -0.2) is 36.9 Å². The lowest BCUT2D eigenvalue weighted by Gasteiger charge is -2.27. The van der Waals surface area contributed by atoms with Crippen LogP contribution in [0.1, 0.15) is 24.0 Å². The van der Waals surface area contributed by atoms with E-state index in [1.807, 2.05) is 54.6 Å². The maximum Gasteiger partial charge on any atom is 0.225 e. The molecule has 5 heteroatoms. The van der Waals surface area contributed by atoms with Gasteiger partial charge in [0, 0.05) is 19.5 Å². The molecule has 1 aliphatic heterocycles. The number of methoxy groups -OCH3 is 1. The molecular weight excluding hydrogens is 412 g/mol. The number of amides is 2. The Labute approximate surface area is 195 Å². The second-order valence-corrected chi connectivity index (χ2v) is 8.76. The van der Waals surface area contributed by atoms with Crippen LogP contribution in [-0.2, 0) is 22.4 Å². The first-order chi connectivity index (χ1) is 16.0. The van der Waals surface area contributed by atoms with Crippen LogP contribution in [0.25, 0.3) is 11.1 Å². The molecule has 3 aromatic carbocycles. The lowest BCUT2D eigenvalue weighted by molar-refractivity contribution is -0.132. The van der Waals surface area contributed by atoms with Gasteiger partial charge in [-0.05, 0) is 53.6 Å². The standard InChI is InChI=1S/C28H30N2O3/c1-33-24-14-11-21(12-15-24)13-16-26(31)30-18-17-28(20-30,27(29)32)19-23-9-5-6-10-25(23)22-7-3-2-4-8-22/h2-12,14-15H,13,16-20H2,1H3,(H2,29,32)/t28-/m1/s1. The quantitative estimate of drug-likeness (QED) is 0.567. The fourth-order valence-electron chi connectivity index (χ4n) is 4.66. The fourth-order valence-corrected chi connectivity index (χ4v) is 4.66. The van der Waals surface area contributed by atoms with Crippen LogP contribution >= 0.6 is 0 Å². The van der Waals surface area contributed by atoms with Crippen molar-refractivity contribution in [3.8, 4) is 16.9 Å². The molecule has 1 atom stereocenters. The van der Waals surface area contributed by atoms with Crippen LogP contribution in [0.3, 0.4) is 0 Å². The summed E-state index contributed by atoms with van der Waals surface area (Å²) in [5, 5.41) is 0. The molecule has 0 unspecified atom stereocenters. The molecule has 1 fully saturated rings. The SMILES string of the molecule is COc1ccc(CCC(=O)N2CC[C@](Cc3ccccc3-c3ccccc3)(C(N)=O)C2)cc1. The van der Waals surface area contributed by atoms with Crippen molar-refractivity contribution in [1.29, 1.82) is 0 Å². The van der Waals surface area contributed by atoms with Gasteiger partial charge in [0.05, 0.1) is 12.5 Å². The van der Waals surface area contributed by atoms with Gasteiger partial charge in [-0.2, -0.15) is 0 Å². The number of benzene rings is 3.